The van der Waals surface area contributed by atoms with Crippen LogP contribution < -0.4 is 5.32 Å². The van der Waals surface area contributed by atoms with E-state index in [0.29, 0.717) is 35.7 Å². The molecule has 0 atom stereocenters. The lowest BCUT2D eigenvalue weighted by molar-refractivity contribution is -0.138. The molecule has 178 valence electrons. The van der Waals surface area contributed by atoms with E-state index in [2.05, 4.69) is 5.32 Å². The first-order valence-electron chi connectivity index (χ1n) is 11.7. The number of benzene rings is 2. The van der Waals surface area contributed by atoms with Crippen molar-refractivity contribution in [2.75, 3.05) is 6.54 Å². The van der Waals surface area contributed by atoms with E-state index in [1.54, 1.807) is 12.1 Å². The SMILES string of the molecule is O=C(O)CC1CCC(c2ccc(C(=O)CCCNC(=O)c3cc4ccc(F)cc4s3)cc2)CC1. The lowest BCUT2D eigenvalue weighted by atomic mass is 9.77. The van der Waals surface area contributed by atoms with E-state index in [1.165, 1.54) is 29.0 Å². The molecule has 7 heteroatoms. The summed E-state index contributed by atoms with van der Waals surface area (Å²) in [6.07, 6.45) is 4.98. The van der Waals surface area contributed by atoms with Crippen molar-refractivity contribution in [2.45, 2.75) is 50.9 Å². The number of amides is 1. The molecule has 4 rings (SSSR count). The molecule has 1 aliphatic carbocycles. The zero-order chi connectivity index (χ0) is 24.1. The Balaban J connectivity index is 1.21. The molecule has 1 aromatic heterocycles. The Morgan fingerprint density at radius 3 is 2.44 bits per heavy atom. The monoisotopic (exact) mass is 481 g/mol. The van der Waals surface area contributed by atoms with Gasteiger partial charge in [0.1, 0.15) is 5.82 Å². The van der Waals surface area contributed by atoms with Gasteiger partial charge in [0.25, 0.3) is 5.91 Å². The van der Waals surface area contributed by atoms with Crippen LogP contribution in [0.4, 0.5) is 4.39 Å². The van der Waals surface area contributed by atoms with Crippen molar-refractivity contribution in [1.29, 1.82) is 0 Å². The number of hydrogen-bond acceptors (Lipinski definition) is 4. The first-order valence-corrected chi connectivity index (χ1v) is 12.5. The van der Waals surface area contributed by atoms with Gasteiger partial charge in [-0.05, 0) is 73.1 Å². The lowest BCUT2D eigenvalue weighted by Crippen LogP contribution is -2.24. The van der Waals surface area contributed by atoms with Crippen LogP contribution in [0.1, 0.15) is 76.5 Å². The smallest absolute Gasteiger partial charge is 0.303 e. The Kier molecular flexibility index (Phi) is 7.73. The molecule has 1 fully saturated rings. The minimum Gasteiger partial charge on any atom is -0.481 e. The number of hydrogen-bond donors (Lipinski definition) is 2. The average molecular weight is 482 g/mol. The third kappa shape index (κ3) is 6.08. The van der Waals surface area contributed by atoms with Gasteiger partial charge in [-0.3, -0.25) is 14.4 Å². The Bertz CT molecular complexity index is 1180. The number of carboxylic acids is 1. The van der Waals surface area contributed by atoms with Crippen LogP contribution in [0.15, 0.2) is 48.5 Å². The van der Waals surface area contributed by atoms with Crippen molar-refractivity contribution in [1.82, 2.24) is 5.32 Å². The predicted molar refractivity (Wildman–Crippen MR) is 131 cm³/mol. The van der Waals surface area contributed by atoms with E-state index in [0.717, 1.165) is 35.8 Å². The zero-order valence-corrected chi connectivity index (χ0v) is 19.7. The van der Waals surface area contributed by atoms with Crippen molar-refractivity contribution in [2.24, 2.45) is 5.92 Å². The molecular formula is C27H28FNO4S. The van der Waals surface area contributed by atoms with Crippen LogP contribution in [0, 0.1) is 11.7 Å². The van der Waals surface area contributed by atoms with E-state index in [1.807, 2.05) is 24.3 Å². The maximum absolute atomic E-state index is 13.3. The fourth-order valence-corrected chi connectivity index (χ4v) is 5.69. The molecule has 0 spiro atoms. The van der Waals surface area contributed by atoms with E-state index < -0.39 is 5.97 Å². The van der Waals surface area contributed by atoms with Gasteiger partial charge in [-0.25, -0.2) is 4.39 Å². The summed E-state index contributed by atoms with van der Waals surface area (Å²) in [5.41, 5.74) is 1.88. The third-order valence-corrected chi connectivity index (χ3v) is 7.68. The van der Waals surface area contributed by atoms with Crippen LogP contribution >= 0.6 is 11.3 Å². The van der Waals surface area contributed by atoms with Gasteiger partial charge in [-0.1, -0.05) is 30.3 Å². The van der Waals surface area contributed by atoms with Crippen molar-refractivity contribution >= 4 is 39.1 Å². The van der Waals surface area contributed by atoms with E-state index in [4.69, 9.17) is 5.11 Å². The van der Waals surface area contributed by atoms with Crippen LogP contribution in [-0.4, -0.2) is 29.3 Å². The number of carboxylic acid groups (broad SMARTS) is 1. The summed E-state index contributed by atoms with van der Waals surface area (Å²) in [6, 6.07) is 14.0. The molecule has 0 saturated heterocycles. The highest BCUT2D eigenvalue weighted by atomic mass is 32.1. The average Bonchev–Trinajstić information content (AvgIpc) is 3.25. The van der Waals surface area contributed by atoms with Crippen LogP contribution in [0.3, 0.4) is 0 Å². The van der Waals surface area contributed by atoms with Gasteiger partial charge in [0.2, 0.25) is 0 Å². The van der Waals surface area contributed by atoms with Crippen molar-refractivity contribution in [3.63, 3.8) is 0 Å². The fourth-order valence-electron chi connectivity index (χ4n) is 4.69. The quantitative estimate of drug-likeness (QED) is 0.282. The highest BCUT2D eigenvalue weighted by Gasteiger charge is 2.24. The molecule has 34 heavy (non-hydrogen) atoms. The summed E-state index contributed by atoms with van der Waals surface area (Å²) in [5, 5.41) is 12.6. The Hall–Kier alpha value is -3.06. The minimum absolute atomic E-state index is 0.0447. The molecule has 1 heterocycles. The standard InChI is InChI=1S/C27H28FNO4S/c28-22-12-11-21-15-25(34-24(21)16-22)27(33)29-13-1-2-23(30)20-9-7-19(8-10-20)18-5-3-17(4-6-18)14-26(31)32/h7-12,15-18H,1-6,13-14H2,(H,29,33)(H,31,32). The summed E-state index contributed by atoms with van der Waals surface area (Å²) in [6.45, 7) is 0.394. The summed E-state index contributed by atoms with van der Waals surface area (Å²) < 4.78 is 14.1. The summed E-state index contributed by atoms with van der Waals surface area (Å²) in [5.74, 6) is -0.509. The number of carbonyl (C=O) groups is 3. The molecule has 1 amide bonds. The number of aliphatic carboxylic acids is 1. The number of halogens is 1. The molecule has 0 bridgehead atoms. The van der Waals surface area contributed by atoms with Crippen LogP contribution in [0.5, 0.6) is 0 Å². The second-order valence-corrected chi connectivity index (χ2v) is 10.1. The molecule has 1 saturated carbocycles. The summed E-state index contributed by atoms with van der Waals surface area (Å²) in [4.78, 5) is 36.3. The van der Waals surface area contributed by atoms with Crippen LogP contribution in [-0.2, 0) is 4.79 Å². The van der Waals surface area contributed by atoms with Gasteiger partial charge in [0.05, 0.1) is 4.88 Å². The number of rotatable bonds is 9. The normalized spacial score (nSPS) is 18.0. The van der Waals surface area contributed by atoms with Crippen molar-refractivity contribution in [3.8, 4) is 0 Å². The molecule has 2 aromatic carbocycles. The van der Waals surface area contributed by atoms with Gasteiger partial charge < -0.3 is 10.4 Å². The first kappa shape index (κ1) is 24.1. The van der Waals surface area contributed by atoms with E-state index >= 15 is 0 Å². The molecule has 1 aliphatic rings. The van der Waals surface area contributed by atoms with Gasteiger partial charge in [0.15, 0.2) is 5.78 Å². The fraction of sp³-hybridized carbons (Fsp3) is 0.370. The Morgan fingerprint density at radius 1 is 1.00 bits per heavy atom. The van der Waals surface area contributed by atoms with Gasteiger partial charge in [0, 0.05) is 29.6 Å². The number of Topliss-reactive ketones (excluding diaryl/α,β-unsaturated/α-hetero) is 1. The van der Waals surface area contributed by atoms with E-state index in [9.17, 15) is 18.8 Å². The van der Waals surface area contributed by atoms with Gasteiger partial charge >= 0.3 is 5.97 Å². The van der Waals surface area contributed by atoms with Crippen molar-refractivity contribution < 1.29 is 23.9 Å². The van der Waals surface area contributed by atoms with Crippen molar-refractivity contribution in [3.05, 3.63) is 70.4 Å². The Morgan fingerprint density at radius 2 is 1.74 bits per heavy atom. The molecule has 5 nitrogen and oxygen atoms in total. The highest BCUT2D eigenvalue weighted by molar-refractivity contribution is 7.20. The number of carbonyl (C=O) groups excluding carboxylic acids is 2. The highest BCUT2D eigenvalue weighted by Crippen LogP contribution is 2.37. The molecule has 2 N–H and O–H groups in total. The topological polar surface area (TPSA) is 83.5 Å². The molecule has 0 aliphatic heterocycles. The number of nitrogens with one attached hydrogen (secondary N) is 1. The number of fused-ring (bicyclic) bond motifs is 1. The largest absolute Gasteiger partial charge is 0.481 e. The zero-order valence-electron chi connectivity index (χ0n) is 18.9. The van der Waals surface area contributed by atoms with E-state index in [-0.39, 0.29) is 29.8 Å². The van der Waals surface area contributed by atoms with Gasteiger partial charge in [-0.2, -0.15) is 0 Å². The van der Waals surface area contributed by atoms with Crippen LogP contribution in [0.2, 0.25) is 0 Å². The minimum atomic E-state index is -0.720. The lowest BCUT2D eigenvalue weighted by Gasteiger charge is -2.28. The predicted octanol–water partition coefficient (Wildman–Crippen LogP) is 6.18. The summed E-state index contributed by atoms with van der Waals surface area (Å²) >= 11 is 1.25. The number of ketones is 1. The van der Waals surface area contributed by atoms with Crippen LogP contribution in [0.25, 0.3) is 10.1 Å². The molecule has 0 radical (unpaired) electrons. The second kappa shape index (κ2) is 10.9. The second-order valence-electron chi connectivity index (χ2n) is 9.01. The molecular weight excluding hydrogens is 453 g/mol. The molecule has 0 unspecified atom stereocenters. The first-order chi connectivity index (χ1) is 16.4. The summed E-state index contributed by atoms with van der Waals surface area (Å²) in [7, 11) is 0. The maximum Gasteiger partial charge on any atom is 0.303 e. The third-order valence-electron chi connectivity index (χ3n) is 6.59. The van der Waals surface area contributed by atoms with Gasteiger partial charge in [-0.15, -0.1) is 11.3 Å². The molecule has 3 aromatic rings. The Labute approximate surface area is 202 Å². The number of thiophene rings is 1. The maximum atomic E-state index is 13.3.